The Kier molecular flexibility index (Phi) is 6.59. The van der Waals surface area contributed by atoms with E-state index in [9.17, 15) is 0 Å². The van der Waals surface area contributed by atoms with Gasteiger partial charge in [0, 0.05) is 18.3 Å². The maximum absolute atomic E-state index is 6.08. The third-order valence-corrected chi connectivity index (χ3v) is 4.33. The Morgan fingerprint density at radius 1 is 1.08 bits per heavy atom. The minimum absolute atomic E-state index is 0.442. The maximum Gasteiger partial charge on any atom is 0.193 e. The third kappa shape index (κ3) is 5.91. The fourth-order valence-electron chi connectivity index (χ4n) is 2.72. The highest BCUT2D eigenvalue weighted by molar-refractivity contribution is 5.92. The monoisotopic (exact) mass is 338 g/mol. The van der Waals surface area contributed by atoms with Gasteiger partial charge in [0.05, 0.1) is 6.54 Å². The topological polar surface area (TPSA) is 53.6 Å². The molecular formula is C21H30N4. The lowest BCUT2D eigenvalue weighted by atomic mass is 10.1. The van der Waals surface area contributed by atoms with Crippen molar-refractivity contribution in [2.24, 2.45) is 10.7 Å². The molecular weight excluding hydrogens is 308 g/mol. The summed E-state index contributed by atoms with van der Waals surface area (Å²) in [5.74, 6) is 0.442. The SMILES string of the molecule is Cc1cc(C)cc(NC(N)=NCc2ccccc2CN(C)C(C)C)c1. The molecule has 3 N–H and O–H groups in total. The summed E-state index contributed by atoms with van der Waals surface area (Å²) in [6, 6.07) is 15.2. The molecule has 0 aromatic heterocycles. The quantitative estimate of drug-likeness (QED) is 0.616. The molecule has 4 heteroatoms. The molecule has 0 bridgehead atoms. The number of benzene rings is 2. The van der Waals surface area contributed by atoms with Gasteiger partial charge < -0.3 is 11.1 Å². The van der Waals surface area contributed by atoms with Crippen LogP contribution in [0.1, 0.15) is 36.1 Å². The second-order valence-electron chi connectivity index (χ2n) is 6.98. The summed E-state index contributed by atoms with van der Waals surface area (Å²) < 4.78 is 0. The molecule has 2 aromatic rings. The van der Waals surface area contributed by atoms with Crippen LogP contribution in [0, 0.1) is 13.8 Å². The molecule has 134 valence electrons. The largest absolute Gasteiger partial charge is 0.370 e. The molecule has 0 aliphatic heterocycles. The van der Waals surface area contributed by atoms with Crippen molar-refractivity contribution in [3.63, 3.8) is 0 Å². The van der Waals surface area contributed by atoms with Crippen LogP contribution in [0.5, 0.6) is 0 Å². The van der Waals surface area contributed by atoms with Gasteiger partial charge in [-0.15, -0.1) is 0 Å². The second-order valence-corrected chi connectivity index (χ2v) is 6.98. The fourth-order valence-corrected chi connectivity index (χ4v) is 2.72. The highest BCUT2D eigenvalue weighted by Gasteiger charge is 2.08. The van der Waals surface area contributed by atoms with E-state index in [1.165, 1.54) is 22.3 Å². The minimum atomic E-state index is 0.442. The van der Waals surface area contributed by atoms with Gasteiger partial charge in [-0.3, -0.25) is 4.90 Å². The van der Waals surface area contributed by atoms with Crippen LogP contribution in [0.3, 0.4) is 0 Å². The molecule has 0 saturated carbocycles. The number of anilines is 1. The molecule has 2 rings (SSSR count). The highest BCUT2D eigenvalue weighted by atomic mass is 15.1. The van der Waals surface area contributed by atoms with Crippen molar-refractivity contribution in [1.82, 2.24) is 4.90 Å². The van der Waals surface area contributed by atoms with Crippen LogP contribution in [0.15, 0.2) is 47.5 Å². The van der Waals surface area contributed by atoms with Gasteiger partial charge in [0.1, 0.15) is 0 Å². The van der Waals surface area contributed by atoms with Gasteiger partial charge in [0.25, 0.3) is 0 Å². The van der Waals surface area contributed by atoms with Crippen LogP contribution >= 0.6 is 0 Å². The van der Waals surface area contributed by atoms with E-state index in [-0.39, 0.29) is 0 Å². The Morgan fingerprint density at radius 2 is 1.68 bits per heavy atom. The molecule has 0 radical (unpaired) electrons. The lowest BCUT2D eigenvalue weighted by Gasteiger charge is -2.22. The first-order valence-electron chi connectivity index (χ1n) is 8.77. The summed E-state index contributed by atoms with van der Waals surface area (Å²) in [4.78, 5) is 6.85. The predicted molar refractivity (Wildman–Crippen MR) is 108 cm³/mol. The summed E-state index contributed by atoms with van der Waals surface area (Å²) in [5, 5.41) is 3.19. The molecule has 0 saturated heterocycles. The molecule has 2 aromatic carbocycles. The van der Waals surface area contributed by atoms with Crippen molar-refractivity contribution >= 4 is 11.6 Å². The average molecular weight is 338 g/mol. The molecule has 0 heterocycles. The molecule has 0 fully saturated rings. The molecule has 0 spiro atoms. The van der Waals surface area contributed by atoms with E-state index in [0.717, 1.165) is 12.2 Å². The molecule has 25 heavy (non-hydrogen) atoms. The number of aliphatic imine (C=N–C) groups is 1. The number of guanidine groups is 1. The number of nitrogens with one attached hydrogen (secondary N) is 1. The van der Waals surface area contributed by atoms with E-state index >= 15 is 0 Å². The van der Waals surface area contributed by atoms with Crippen LogP contribution in [-0.4, -0.2) is 23.9 Å². The first kappa shape index (κ1) is 19.0. The van der Waals surface area contributed by atoms with E-state index in [2.05, 4.69) is 92.4 Å². The lowest BCUT2D eigenvalue weighted by Crippen LogP contribution is -2.26. The Morgan fingerprint density at radius 3 is 2.28 bits per heavy atom. The molecule has 4 nitrogen and oxygen atoms in total. The van der Waals surface area contributed by atoms with Crippen LogP contribution in [0.4, 0.5) is 5.69 Å². The van der Waals surface area contributed by atoms with Crippen molar-refractivity contribution < 1.29 is 0 Å². The molecule has 0 aliphatic carbocycles. The smallest absolute Gasteiger partial charge is 0.193 e. The minimum Gasteiger partial charge on any atom is -0.370 e. The summed E-state index contributed by atoms with van der Waals surface area (Å²) in [6.07, 6.45) is 0. The van der Waals surface area contributed by atoms with Gasteiger partial charge in [-0.2, -0.15) is 0 Å². The standard InChI is InChI=1S/C21H30N4/c1-15(2)25(5)14-19-9-7-6-8-18(19)13-23-21(22)24-20-11-16(3)10-17(4)12-20/h6-12,15H,13-14H2,1-5H3,(H3,22,23,24). The van der Waals surface area contributed by atoms with E-state index in [1.54, 1.807) is 0 Å². The van der Waals surface area contributed by atoms with Gasteiger partial charge >= 0.3 is 0 Å². The van der Waals surface area contributed by atoms with Crippen LogP contribution in [0.2, 0.25) is 0 Å². The van der Waals surface area contributed by atoms with Crippen molar-refractivity contribution in [3.8, 4) is 0 Å². The first-order chi connectivity index (χ1) is 11.8. The Balaban J connectivity index is 2.07. The van der Waals surface area contributed by atoms with Gasteiger partial charge in [-0.25, -0.2) is 4.99 Å². The highest BCUT2D eigenvalue weighted by Crippen LogP contribution is 2.15. The Hall–Kier alpha value is -2.33. The summed E-state index contributed by atoms with van der Waals surface area (Å²) in [7, 11) is 2.14. The number of nitrogens with zero attached hydrogens (tertiary/aromatic N) is 2. The summed E-state index contributed by atoms with van der Waals surface area (Å²) in [6.45, 7) is 10.0. The van der Waals surface area contributed by atoms with E-state index in [0.29, 0.717) is 18.5 Å². The molecule has 0 unspecified atom stereocenters. The summed E-state index contributed by atoms with van der Waals surface area (Å²) in [5.41, 5.74) is 12.0. The second kappa shape index (κ2) is 8.67. The van der Waals surface area contributed by atoms with Crippen LogP contribution in [0.25, 0.3) is 0 Å². The number of nitrogens with two attached hydrogens (primary N) is 1. The van der Waals surface area contributed by atoms with Crippen LogP contribution in [-0.2, 0) is 13.1 Å². The number of hydrogen-bond acceptors (Lipinski definition) is 2. The molecule has 0 amide bonds. The van der Waals surface area contributed by atoms with Gasteiger partial charge in [-0.05, 0) is 69.1 Å². The zero-order chi connectivity index (χ0) is 18.4. The molecule has 0 aliphatic rings. The van der Waals surface area contributed by atoms with E-state index in [1.807, 2.05) is 0 Å². The van der Waals surface area contributed by atoms with Crippen molar-refractivity contribution in [1.29, 1.82) is 0 Å². The summed E-state index contributed by atoms with van der Waals surface area (Å²) >= 11 is 0. The van der Waals surface area contributed by atoms with Crippen molar-refractivity contribution in [2.45, 2.75) is 46.8 Å². The number of aryl methyl sites for hydroxylation is 2. The van der Waals surface area contributed by atoms with Gasteiger partial charge in [0.2, 0.25) is 0 Å². The maximum atomic E-state index is 6.08. The fraction of sp³-hybridized carbons (Fsp3) is 0.381. The Bertz CT molecular complexity index is 714. The van der Waals surface area contributed by atoms with E-state index in [4.69, 9.17) is 5.73 Å². The predicted octanol–water partition coefficient (Wildman–Crippen LogP) is 4.07. The zero-order valence-corrected chi connectivity index (χ0v) is 16.0. The lowest BCUT2D eigenvalue weighted by molar-refractivity contribution is 0.265. The van der Waals surface area contributed by atoms with Crippen molar-refractivity contribution in [2.75, 3.05) is 12.4 Å². The number of hydrogen-bond donors (Lipinski definition) is 2. The van der Waals surface area contributed by atoms with E-state index < -0.39 is 0 Å². The first-order valence-corrected chi connectivity index (χ1v) is 8.77. The van der Waals surface area contributed by atoms with Gasteiger partial charge in [-0.1, -0.05) is 30.3 Å². The Labute approximate surface area is 151 Å². The average Bonchev–Trinajstić information content (AvgIpc) is 2.52. The van der Waals surface area contributed by atoms with Gasteiger partial charge in [0.15, 0.2) is 5.96 Å². The third-order valence-electron chi connectivity index (χ3n) is 4.33. The molecule has 0 atom stereocenters. The van der Waals surface area contributed by atoms with Crippen molar-refractivity contribution in [3.05, 3.63) is 64.7 Å². The number of rotatable bonds is 6. The normalized spacial score (nSPS) is 12.0. The van der Waals surface area contributed by atoms with Crippen LogP contribution < -0.4 is 11.1 Å². The zero-order valence-electron chi connectivity index (χ0n) is 16.0.